The van der Waals surface area contributed by atoms with Gasteiger partial charge in [-0.3, -0.25) is 0 Å². The van der Waals surface area contributed by atoms with Crippen LogP contribution in [0.4, 0.5) is 14.5 Å². The molecule has 1 unspecified atom stereocenters. The predicted octanol–water partition coefficient (Wildman–Crippen LogP) is 2.52. The molecule has 0 amide bonds. The summed E-state index contributed by atoms with van der Waals surface area (Å²) in [7, 11) is 1.89. The van der Waals surface area contributed by atoms with E-state index in [4.69, 9.17) is 0 Å². The number of hydrogen-bond donors (Lipinski definition) is 0. The van der Waals surface area contributed by atoms with E-state index in [0.29, 0.717) is 0 Å². The molecule has 0 saturated carbocycles. The third-order valence-corrected chi connectivity index (χ3v) is 2.56. The maximum absolute atomic E-state index is 12.9. The van der Waals surface area contributed by atoms with Gasteiger partial charge in [0, 0.05) is 31.3 Å². The lowest BCUT2D eigenvalue weighted by atomic mass is 10.0. The maximum atomic E-state index is 12.9. The fourth-order valence-corrected chi connectivity index (χ4v) is 1.88. The van der Waals surface area contributed by atoms with E-state index in [9.17, 15) is 8.78 Å². The Labute approximate surface area is 76.0 Å². The topological polar surface area (TPSA) is 3.24 Å². The van der Waals surface area contributed by atoms with Crippen LogP contribution in [-0.2, 0) is 0 Å². The van der Waals surface area contributed by atoms with Crippen LogP contribution in [0.5, 0.6) is 0 Å². The van der Waals surface area contributed by atoms with Gasteiger partial charge in [-0.1, -0.05) is 6.92 Å². The van der Waals surface area contributed by atoms with E-state index in [2.05, 4.69) is 0 Å². The van der Waals surface area contributed by atoms with Gasteiger partial charge in [0.1, 0.15) is 0 Å². The van der Waals surface area contributed by atoms with Crippen LogP contribution in [0, 0.1) is 11.6 Å². The van der Waals surface area contributed by atoms with Crippen molar-refractivity contribution in [2.75, 3.05) is 18.5 Å². The first-order valence-corrected chi connectivity index (χ1v) is 4.29. The van der Waals surface area contributed by atoms with Crippen molar-refractivity contribution in [2.45, 2.75) is 12.8 Å². The highest BCUT2D eigenvalue weighted by Crippen LogP contribution is 2.35. The van der Waals surface area contributed by atoms with Gasteiger partial charge in [-0.25, -0.2) is 8.78 Å². The van der Waals surface area contributed by atoms with E-state index in [1.54, 1.807) is 0 Å². The first-order chi connectivity index (χ1) is 6.09. The Kier molecular flexibility index (Phi) is 1.75. The van der Waals surface area contributed by atoms with E-state index in [1.807, 2.05) is 18.9 Å². The largest absolute Gasteiger partial charge is 0.374 e. The second-order valence-electron chi connectivity index (χ2n) is 3.61. The molecule has 0 saturated heterocycles. The number of anilines is 1. The second kappa shape index (κ2) is 2.69. The van der Waals surface area contributed by atoms with Gasteiger partial charge in [-0.2, -0.15) is 0 Å². The average Bonchev–Trinajstić information content (AvgIpc) is 2.31. The molecule has 1 atom stereocenters. The molecule has 1 nitrogen and oxygen atoms in total. The zero-order valence-electron chi connectivity index (χ0n) is 7.64. The highest BCUT2D eigenvalue weighted by Gasteiger charge is 2.24. The van der Waals surface area contributed by atoms with Gasteiger partial charge < -0.3 is 4.90 Å². The number of likely N-dealkylation sites (N-methyl/N-ethyl adjacent to an activating group) is 1. The minimum absolute atomic E-state index is 0.287. The lowest BCUT2D eigenvalue weighted by molar-refractivity contribution is 0.507. The molecule has 0 N–H and O–H groups in total. The first kappa shape index (κ1) is 8.48. The molecule has 1 aromatic rings. The van der Waals surface area contributed by atoms with Crippen LogP contribution in [0.25, 0.3) is 0 Å². The molecule has 0 bridgehead atoms. The Balaban J connectivity index is 2.58. The van der Waals surface area contributed by atoms with E-state index in [-0.39, 0.29) is 5.92 Å². The Morgan fingerprint density at radius 3 is 2.62 bits per heavy atom. The highest BCUT2D eigenvalue weighted by molar-refractivity contribution is 5.59. The summed E-state index contributed by atoms with van der Waals surface area (Å²) < 4.78 is 25.8. The number of nitrogens with zero attached hydrogens (tertiary/aromatic N) is 1. The quantitative estimate of drug-likeness (QED) is 0.597. The third kappa shape index (κ3) is 1.19. The van der Waals surface area contributed by atoms with Crippen molar-refractivity contribution in [2.24, 2.45) is 0 Å². The van der Waals surface area contributed by atoms with Gasteiger partial charge in [0.05, 0.1) is 0 Å². The summed E-state index contributed by atoms with van der Waals surface area (Å²) in [6, 6.07) is 2.58. The van der Waals surface area contributed by atoms with Crippen LogP contribution in [-0.4, -0.2) is 13.6 Å². The Bertz CT molecular complexity index is 316. The summed E-state index contributed by atoms with van der Waals surface area (Å²) in [6.45, 7) is 2.85. The maximum Gasteiger partial charge on any atom is 0.160 e. The summed E-state index contributed by atoms with van der Waals surface area (Å²) in [5.74, 6) is -1.23. The minimum Gasteiger partial charge on any atom is -0.374 e. The lowest BCUT2D eigenvalue weighted by Crippen LogP contribution is -2.14. The van der Waals surface area contributed by atoms with Gasteiger partial charge in [0.2, 0.25) is 0 Å². The molecule has 0 spiro atoms. The van der Waals surface area contributed by atoms with Gasteiger partial charge in [-0.15, -0.1) is 0 Å². The number of halogens is 2. The van der Waals surface area contributed by atoms with E-state index < -0.39 is 11.6 Å². The fraction of sp³-hybridized carbons (Fsp3) is 0.400. The number of benzene rings is 1. The molecule has 0 fully saturated rings. The average molecular weight is 183 g/mol. The monoisotopic (exact) mass is 183 g/mol. The Morgan fingerprint density at radius 1 is 1.31 bits per heavy atom. The third-order valence-electron chi connectivity index (χ3n) is 2.56. The highest BCUT2D eigenvalue weighted by atomic mass is 19.2. The molecule has 0 aromatic heterocycles. The van der Waals surface area contributed by atoms with Crippen molar-refractivity contribution in [1.82, 2.24) is 0 Å². The van der Waals surface area contributed by atoms with Crippen LogP contribution >= 0.6 is 0 Å². The van der Waals surface area contributed by atoms with Gasteiger partial charge in [-0.05, 0) is 11.6 Å². The van der Waals surface area contributed by atoms with E-state index in [0.717, 1.165) is 17.8 Å². The summed E-state index contributed by atoms with van der Waals surface area (Å²) in [5, 5.41) is 0. The minimum atomic E-state index is -0.764. The summed E-state index contributed by atoms with van der Waals surface area (Å²) in [5.41, 5.74) is 1.72. The SMILES string of the molecule is CC1CN(C)c2cc(F)c(F)cc21. The van der Waals surface area contributed by atoms with Crippen molar-refractivity contribution in [1.29, 1.82) is 0 Å². The Morgan fingerprint density at radius 2 is 1.92 bits per heavy atom. The smallest absolute Gasteiger partial charge is 0.160 e. The van der Waals surface area contributed by atoms with Crippen LogP contribution in [0.2, 0.25) is 0 Å². The van der Waals surface area contributed by atoms with Crippen molar-refractivity contribution in [3.05, 3.63) is 29.3 Å². The molecule has 2 rings (SSSR count). The van der Waals surface area contributed by atoms with Crippen LogP contribution < -0.4 is 4.90 Å². The molecule has 1 aliphatic rings. The Hall–Kier alpha value is -1.12. The van der Waals surface area contributed by atoms with Gasteiger partial charge >= 0.3 is 0 Å². The number of fused-ring (bicyclic) bond motifs is 1. The van der Waals surface area contributed by atoms with Crippen molar-refractivity contribution >= 4 is 5.69 Å². The summed E-state index contributed by atoms with van der Waals surface area (Å²) in [4.78, 5) is 1.95. The zero-order valence-corrected chi connectivity index (χ0v) is 7.64. The summed E-state index contributed by atoms with van der Waals surface area (Å²) in [6.07, 6.45) is 0. The molecular weight excluding hydrogens is 172 g/mol. The van der Waals surface area contributed by atoms with Crippen LogP contribution in [0.15, 0.2) is 12.1 Å². The van der Waals surface area contributed by atoms with Crippen molar-refractivity contribution in [3.8, 4) is 0 Å². The second-order valence-corrected chi connectivity index (χ2v) is 3.61. The van der Waals surface area contributed by atoms with Crippen molar-refractivity contribution < 1.29 is 8.78 Å². The fourth-order valence-electron chi connectivity index (χ4n) is 1.88. The van der Waals surface area contributed by atoms with Crippen LogP contribution in [0.3, 0.4) is 0 Å². The molecular formula is C10H11F2N. The molecule has 13 heavy (non-hydrogen) atoms. The molecule has 3 heteroatoms. The molecule has 70 valence electrons. The molecule has 1 aromatic carbocycles. The molecule has 0 radical (unpaired) electrons. The van der Waals surface area contributed by atoms with E-state index >= 15 is 0 Å². The number of hydrogen-bond acceptors (Lipinski definition) is 1. The van der Waals surface area contributed by atoms with E-state index in [1.165, 1.54) is 12.1 Å². The molecule has 1 heterocycles. The standard InChI is InChI=1S/C10H11F2N/c1-6-5-13(2)10-4-9(12)8(11)3-7(6)10/h3-4,6H,5H2,1-2H3. The normalized spacial score (nSPS) is 20.6. The van der Waals surface area contributed by atoms with Gasteiger partial charge in [0.25, 0.3) is 0 Å². The molecule has 0 aliphatic carbocycles. The predicted molar refractivity (Wildman–Crippen MR) is 48.0 cm³/mol. The molecule has 1 aliphatic heterocycles. The zero-order chi connectivity index (χ0) is 9.59. The van der Waals surface area contributed by atoms with Crippen LogP contribution in [0.1, 0.15) is 18.4 Å². The van der Waals surface area contributed by atoms with Crippen molar-refractivity contribution in [3.63, 3.8) is 0 Å². The summed E-state index contributed by atoms with van der Waals surface area (Å²) >= 11 is 0. The van der Waals surface area contributed by atoms with Gasteiger partial charge in [0.15, 0.2) is 11.6 Å². The number of rotatable bonds is 0. The lowest BCUT2D eigenvalue weighted by Gasteiger charge is -2.11. The first-order valence-electron chi connectivity index (χ1n) is 4.29.